The van der Waals surface area contributed by atoms with Crippen LogP contribution in [-0.4, -0.2) is 32.9 Å². The zero-order valence-electron chi connectivity index (χ0n) is 14.9. The molecule has 0 saturated carbocycles. The van der Waals surface area contributed by atoms with Crippen molar-refractivity contribution in [1.82, 2.24) is 19.9 Å². The Balaban J connectivity index is 1.80. The van der Waals surface area contributed by atoms with Crippen molar-refractivity contribution < 1.29 is 9.53 Å². The van der Waals surface area contributed by atoms with E-state index >= 15 is 0 Å². The quantitative estimate of drug-likeness (QED) is 0.693. The van der Waals surface area contributed by atoms with E-state index in [1.807, 2.05) is 13.0 Å². The molecule has 0 atom stereocenters. The van der Waals surface area contributed by atoms with Gasteiger partial charge in [-0.2, -0.15) is 0 Å². The van der Waals surface area contributed by atoms with Crippen molar-refractivity contribution >= 4 is 23.5 Å². The molecule has 0 aliphatic rings. The second-order valence-electron chi connectivity index (χ2n) is 5.51. The van der Waals surface area contributed by atoms with E-state index in [2.05, 4.69) is 37.1 Å². The number of benzene rings is 1. The van der Waals surface area contributed by atoms with Crippen LogP contribution < -0.4 is 15.4 Å². The summed E-state index contributed by atoms with van der Waals surface area (Å²) in [7, 11) is 1.70. The van der Waals surface area contributed by atoms with Crippen LogP contribution in [0.5, 0.6) is 11.8 Å². The van der Waals surface area contributed by atoms with Crippen molar-refractivity contribution in [3.05, 3.63) is 66.4 Å². The minimum absolute atomic E-state index is 0.180. The van der Waals surface area contributed by atoms with Crippen LogP contribution in [0.3, 0.4) is 0 Å². The molecule has 0 radical (unpaired) electrons. The zero-order chi connectivity index (χ0) is 19.2. The molecule has 2 N–H and O–H groups in total. The average molecular weight is 362 g/mol. The summed E-state index contributed by atoms with van der Waals surface area (Å²) in [6, 6.07) is 7.24. The molecule has 0 aliphatic heterocycles. The van der Waals surface area contributed by atoms with Crippen molar-refractivity contribution in [2.24, 2.45) is 0 Å². The molecule has 3 rings (SSSR count). The predicted molar refractivity (Wildman–Crippen MR) is 103 cm³/mol. The van der Waals surface area contributed by atoms with Gasteiger partial charge in [0.1, 0.15) is 17.1 Å². The van der Waals surface area contributed by atoms with E-state index in [0.717, 1.165) is 5.56 Å². The summed E-state index contributed by atoms with van der Waals surface area (Å²) in [5.74, 6) is 0.634. The van der Waals surface area contributed by atoms with E-state index in [4.69, 9.17) is 4.74 Å². The number of nitrogens with zero attached hydrogens (tertiary/aromatic N) is 4. The fourth-order valence-electron chi connectivity index (χ4n) is 2.26. The highest BCUT2D eigenvalue weighted by Crippen LogP contribution is 2.26. The molecular formula is C19H18N6O2. The molecule has 0 aliphatic carbocycles. The number of nitrogens with one attached hydrogen (secondary N) is 2. The van der Waals surface area contributed by atoms with E-state index in [1.54, 1.807) is 43.7 Å². The minimum atomic E-state index is -0.389. The lowest BCUT2D eigenvalue weighted by molar-refractivity contribution is 0.102. The Morgan fingerprint density at radius 2 is 2.00 bits per heavy atom. The number of ether oxygens (including phenoxy) is 1. The highest BCUT2D eigenvalue weighted by Gasteiger charge is 2.13. The number of rotatable bonds is 6. The van der Waals surface area contributed by atoms with Crippen LogP contribution in [0, 0.1) is 6.92 Å². The van der Waals surface area contributed by atoms with Gasteiger partial charge in [-0.15, -0.1) is 0 Å². The van der Waals surface area contributed by atoms with Crippen molar-refractivity contribution in [2.75, 3.05) is 17.7 Å². The third-order valence-corrected chi connectivity index (χ3v) is 3.65. The smallest absolute Gasteiger partial charge is 0.321 e. The van der Waals surface area contributed by atoms with Gasteiger partial charge in [0, 0.05) is 31.2 Å². The van der Waals surface area contributed by atoms with Crippen molar-refractivity contribution in [3.8, 4) is 11.8 Å². The van der Waals surface area contributed by atoms with E-state index in [0.29, 0.717) is 22.9 Å². The molecule has 27 heavy (non-hydrogen) atoms. The summed E-state index contributed by atoms with van der Waals surface area (Å²) in [6.07, 6.45) is 6.15. The van der Waals surface area contributed by atoms with Gasteiger partial charge < -0.3 is 15.4 Å². The average Bonchev–Trinajstić information content (AvgIpc) is 2.70. The van der Waals surface area contributed by atoms with Crippen LogP contribution in [0.15, 0.2) is 49.4 Å². The molecule has 0 spiro atoms. The fraction of sp³-hybridized carbons (Fsp3) is 0.105. The van der Waals surface area contributed by atoms with Crippen LogP contribution in [0.25, 0.3) is 6.08 Å². The Hall–Kier alpha value is -3.81. The molecular weight excluding hydrogens is 344 g/mol. The summed E-state index contributed by atoms with van der Waals surface area (Å²) in [5.41, 5.74) is 2.19. The largest absolute Gasteiger partial charge is 0.424 e. The van der Waals surface area contributed by atoms with Gasteiger partial charge in [0.2, 0.25) is 0 Å². The molecule has 0 bridgehead atoms. The highest BCUT2D eigenvalue weighted by molar-refractivity contribution is 6.03. The number of hydrogen-bond acceptors (Lipinski definition) is 7. The SMILES string of the molecule is C=Cc1ncc(C(=O)Nc2ccc(C)c(Oc3ncccn3)c2)nc1NC. The molecule has 0 unspecified atom stereocenters. The fourth-order valence-corrected chi connectivity index (χ4v) is 2.26. The normalized spacial score (nSPS) is 10.1. The van der Waals surface area contributed by atoms with Crippen LogP contribution in [0.1, 0.15) is 21.7 Å². The lowest BCUT2D eigenvalue weighted by atomic mass is 10.2. The second kappa shape index (κ2) is 8.05. The molecule has 2 aromatic heterocycles. The first-order valence-corrected chi connectivity index (χ1v) is 8.15. The topological polar surface area (TPSA) is 102 Å². The van der Waals surface area contributed by atoms with Crippen LogP contribution in [-0.2, 0) is 0 Å². The zero-order valence-corrected chi connectivity index (χ0v) is 14.9. The molecule has 2 heterocycles. The number of aromatic nitrogens is 4. The molecule has 1 aromatic carbocycles. The first-order valence-electron chi connectivity index (χ1n) is 8.15. The highest BCUT2D eigenvalue weighted by atomic mass is 16.5. The molecule has 1 amide bonds. The summed E-state index contributed by atoms with van der Waals surface area (Å²) in [4.78, 5) is 29.0. The van der Waals surface area contributed by atoms with Crippen LogP contribution in [0.4, 0.5) is 11.5 Å². The van der Waals surface area contributed by atoms with Gasteiger partial charge in [-0.1, -0.05) is 12.6 Å². The van der Waals surface area contributed by atoms with Gasteiger partial charge in [-0.25, -0.2) is 15.0 Å². The summed E-state index contributed by atoms with van der Waals surface area (Å²) < 4.78 is 5.68. The second-order valence-corrected chi connectivity index (χ2v) is 5.51. The maximum Gasteiger partial charge on any atom is 0.321 e. The van der Waals surface area contributed by atoms with Gasteiger partial charge in [-0.05, 0) is 30.7 Å². The molecule has 0 fully saturated rings. The number of carbonyl (C=O) groups excluding carboxylic acids is 1. The van der Waals surface area contributed by atoms with Gasteiger partial charge in [0.15, 0.2) is 5.82 Å². The van der Waals surface area contributed by atoms with E-state index < -0.39 is 0 Å². The Labute approximate surface area is 156 Å². The summed E-state index contributed by atoms with van der Waals surface area (Å²) in [6.45, 7) is 5.56. The van der Waals surface area contributed by atoms with Gasteiger partial charge >= 0.3 is 6.01 Å². The molecule has 0 saturated heterocycles. The van der Waals surface area contributed by atoms with Gasteiger partial charge in [0.05, 0.1) is 6.20 Å². The van der Waals surface area contributed by atoms with Gasteiger partial charge in [-0.3, -0.25) is 9.78 Å². The molecule has 3 aromatic rings. The summed E-state index contributed by atoms with van der Waals surface area (Å²) >= 11 is 0. The monoisotopic (exact) mass is 362 g/mol. The Morgan fingerprint density at radius 1 is 1.22 bits per heavy atom. The van der Waals surface area contributed by atoms with Crippen molar-refractivity contribution in [1.29, 1.82) is 0 Å². The lowest BCUT2D eigenvalue weighted by Gasteiger charge is -2.11. The van der Waals surface area contributed by atoms with Crippen LogP contribution >= 0.6 is 0 Å². The maximum atomic E-state index is 12.5. The Bertz CT molecular complexity index is 975. The number of anilines is 2. The molecule has 8 heteroatoms. The lowest BCUT2D eigenvalue weighted by Crippen LogP contribution is -2.15. The Morgan fingerprint density at radius 3 is 2.70 bits per heavy atom. The first-order chi connectivity index (χ1) is 13.1. The van der Waals surface area contributed by atoms with Gasteiger partial charge in [0.25, 0.3) is 5.91 Å². The van der Waals surface area contributed by atoms with Crippen molar-refractivity contribution in [2.45, 2.75) is 6.92 Å². The molecule has 136 valence electrons. The number of amides is 1. The Kier molecular flexibility index (Phi) is 5.36. The third-order valence-electron chi connectivity index (χ3n) is 3.65. The van der Waals surface area contributed by atoms with Crippen LogP contribution in [0.2, 0.25) is 0 Å². The van der Waals surface area contributed by atoms with Crippen molar-refractivity contribution in [3.63, 3.8) is 0 Å². The maximum absolute atomic E-state index is 12.5. The van der Waals surface area contributed by atoms with E-state index in [1.165, 1.54) is 6.20 Å². The van der Waals surface area contributed by atoms with E-state index in [-0.39, 0.29) is 17.6 Å². The standard InChI is InChI=1S/C19H18N6O2/c1-4-14-17(20-3)25-15(11-23-14)18(26)24-13-7-6-12(2)16(10-13)27-19-21-8-5-9-22-19/h4-11H,1H2,2-3H3,(H,20,25)(H,24,26). The third kappa shape index (κ3) is 4.24. The number of hydrogen-bond donors (Lipinski definition) is 2. The summed E-state index contributed by atoms with van der Waals surface area (Å²) in [5, 5.41) is 5.68. The van der Waals surface area contributed by atoms with E-state index in [9.17, 15) is 4.79 Å². The predicted octanol–water partition coefficient (Wildman–Crippen LogP) is 3.30. The minimum Gasteiger partial charge on any atom is -0.424 e. The number of carbonyl (C=O) groups is 1. The number of aryl methyl sites for hydroxylation is 1. The first kappa shape index (κ1) is 18.0. The molecule has 8 nitrogen and oxygen atoms in total.